The minimum atomic E-state index is 0.484. The maximum absolute atomic E-state index is 4.44. The molecule has 2 aromatic heterocycles. The second kappa shape index (κ2) is 3.35. The average molecular weight is 257 g/mol. The summed E-state index contributed by atoms with van der Waals surface area (Å²) in [5.74, 6) is 0.484. The van der Waals surface area contributed by atoms with E-state index in [0.29, 0.717) is 5.92 Å². The molecule has 0 N–H and O–H groups in total. The van der Waals surface area contributed by atoms with Gasteiger partial charge in [-0.05, 0) is 22.0 Å². The molecular weight excluding hydrogens is 248 g/mol. The summed E-state index contributed by atoms with van der Waals surface area (Å²) in [5.41, 5.74) is 0.858. The molecular formula is C9H9BrN2S. The Morgan fingerprint density at radius 1 is 1.46 bits per heavy atom. The number of pyridine rings is 1. The van der Waals surface area contributed by atoms with Crippen LogP contribution in [0.2, 0.25) is 0 Å². The first-order valence-electron chi connectivity index (χ1n) is 4.09. The van der Waals surface area contributed by atoms with Crippen LogP contribution in [0.3, 0.4) is 0 Å². The lowest BCUT2D eigenvalue weighted by atomic mass is 10.2. The molecule has 4 heteroatoms. The summed E-state index contributed by atoms with van der Waals surface area (Å²) < 4.78 is 2.16. The van der Waals surface area contributed by atoms with Crippen molar-refractivity contribution in [3.8, 4) is 0 Å². The van der Waals surface area contributed by atoms with Crippen molar-refractivity contribution in [2.24, 2.45) is 0 Å². The maximum Gasteiger partial charge on any atom is 0.170 e. The van der Waals surface area contributed by atoms with Gasteiger partial charge in [-0.25, -0.2) is 9.97 Å². The zero-order valence-electron chi connectivity index (χ0n) is 7.41. The van der Waals surface area contributed by atoms with Crippen molar-refractivity contribution in [3.05, 3.63) is 21.7 Å². The maximum atomic E-state index is 4.44. The third kappa shape index (κ3) is 1.74. The third-order valence-electron chi connectivity index (χ3n) is 1.72. The van der Waals surface area contributed by atoms with Crippen molar-refractivity contribution in [1.29, 1.82) is 0 Å². The molecule has 2 nitrogen and oxygen atoms in total. The third-order valence-corrected chi connectivity index (χ3v) is 3.45. The van der Waals surface area contributed by atoms with Crippen molar-refractivity contribution >= 4 is 37.6 Å². The van der Waals surface area contributed by atoms with Crippen LogP contribution in [-0.4, -0.2) is 9.97 Å². The predicted octanol–water partition coefficient (Wildman–Crippen LogP) is 3.58. The minimum Gasteiger partial charge on any atom is -0.235 e. The van der Waals surface area contributed by atoms with Gasteiger partial charge in [0.2, 0.25) is 0 Å². The van der Waals surface area contributed by atoms with Gasteiger partial charge in [0.1, 0.15) is 0 Å². The van der Waals surface area contributed by atoms with Crippen LogP contribution >= 0.6 is 27.3 Å². The van der Waals surface area contributed by atoms with Gasteiger partial charge in [-0.1, -0.05) is 13.8 Å². The van der Waals surface area contributed by atoms with E-state index in [4.69, 9.17) is 0 Å². The number of fused-ring (bicyclic) bond motifs is 1. The lowest BCUT2D eigenvalue weighted by Gasteiger charge is -1.93. The Kier molecular flexibility index (Phi) is 2.34. The Morgan fingerprint density at radius 2 is 2.23 bits per heavy atom. The second-order valence-electron chi connectivity index (χ2n) is 3.18. The lowest BCUT2D eigenvalue weighted by molar-refractivity contribution is 0.855. The lowest BCUT2D eigenvalue weighted by Crippen LogP contribution is -1.83. The molecule has 0 aliphatic heterocycles. The number of thiazole rings is 1. The molecule has 13 heavy (non-hydrogen) atoms. The smallest absolute Gasteiger partial charge is 0.170 e. The normalized spacial score (nSPS) is 11.4. The summed E-state index contributed by atoms with van der Waals surface area (Å²) in [6, 6.07) is 2.06. The van der Waals surface area contributed by atoms with Crippen LogP contribution in [0.25, 0.3) is 10.3 Å². The molecule has 2 rings (SSSR count). The van der Waals surface area contributed by atoms with Gasteiger partial charge in [0, 0.05) is 16.6 Å². The SMILES string of the molecule is CC(C)c1nc2ncc(Br)cc2s1. The van der Waals surface area contributed by atoms with Crippen LogP contribution in [0.1, 0.15) is 24.8 Å². The van der Waals surface area contributed by atoms with Crippen molar-refractivity contribution in [2.45, 2.75) is 19.8 Å². The van der Waals surface area contributed by atoms with Gasteiger partial charge in [0.05, 0.1) is 9.71 Å². The van der Waals surface area contributed by atoms with Gasteiger partial charge in [-0.3, -0.25) is 0 Å². The van der Waals surface area contributed by atoms with E-state index in [9.17, 15) is 0 Å². The van der Waals surface area contributed by atoms with Crippen molar-refractivity contribution in [2.75, 3.05) is 0 Å². The number of nitrogens with zero attached hydrogens (tertiary/aromatic N) is 2. The highest BCUT2D eigenvalue weighted by Crippen LogP contribution is 2.27. The predicted molar refractivity (Wildman–Crippen MR) is 59.2 cm³/mol. The molecule has 0 unspecified atom stereocenters. The van der Waals surface area contributed by atoms with Crippen molar-refractivity contribution < 1.29 is 0 Å². The summed E-state index contributed by atoms with van der Waals surface area (Å²) in [4.78, 5) is 8.68. The molecule has 0 spiro atoms. The largest absolute Gasteiger partial charge is 0.235 e. The molecule has 0 radical (unpaired) electrons. The highest BCUT2D eigenvalue weighted by atomic mass is 79.9. The zero-order valence-corrected chi connectivity index (χ0v) is 9.82. The highest BCUT2D eigenvalue weighted by molar-refractivity contribution is 9.10. The van der Waals surface area contributed by atoms with Gasteiger partial charge in [-0.15, -0.1) is 11.3 Å². The summed E-state index contributed by atoms with van der Waals surface area (Å²) in [6.45, 7) is 4.29. The fraction of sp³-hybridized carbons (Fsp3) is 0.333. The molecule has 0 aliphatic rings. The molecule has 2 aromatic rings. The van der Waals surface area contributed by atoms with E-state index in [0.717, 1.165) is 19.8 Å². The zero-order chi connectivity index (χ0) is 9.42. The number of hydrogen-bond donors (Lipinski definition) is 0. The molecule has 0 amide bonds. The number of aromatic nitrogens is 2. The molecule has 0 bridgehead atoms. The first-order valence-corrected chi connectivity index (χ1v) is 5.70. The van der Waals surface area contributed by atoms with Crippen LogP contribution in [0.5, 0.6) is 0 Å². The summed E-state index contributed by atoms with van der Waals surface area (Å²) >= 11 is 5.11. The molecule has 0 saturated heterocycles. The first kappa shape index (κ1) is 9.09. The number of hydrogen-bond acceptors (Lipinski definition) is 3. The standard InChI is InChI=1S/C9H9BrN2S/c1-5(2)9-12-8-7(13-9)3-6(10)4-11-8/h3-5H,1-2H3. The quantitative estimate of drug-likeness (QED) is 0.780. The van der Waals surface area contributed by atoms with Gasteiger partial charge in [0.15, 0.2) is 5.65 Å². The van der Waals surface area contributed by atoms with E-state index in [1.165, 1.54) is 0 Å². The first-order chi connectivity index (χ1) is 6.16. The van der Waals surface area contributed by atoms with Gasteiger partial charge in [0.25, 0.3) is 0 Å². The van der Waals surface area contributed by atoms with Crippen LogP contribution in [0.4, 0.5) is 0 Å². The van der Waals surface area contributed by atoms with Crippen LogP contribution in [0.15, 0.2) is 16.7 Å². The average Bonchev–Trinajstić information content (AvgIpc) is 2.46. The Labute approximate surface area is 89.2 Å². The second-order valence-corrected chi connectivity index (χ2v) is 5.16. The van der Waals surface area contributed by atoms with E-state index in [1.54, 1.807) is 17.5 Å². The minimum absolute atomic E-state index is 0.484. The highest BCUT2D eigenvalue weighted by Gasteiger charge is 2.07. The van der Waals surface area contributed by atoms with Crippen LogP contribution < -0.4 is 0 Å². The topological polar surface area (TPSA) is 25.8 Å². The Balaban J connectivity index is 2.62. The fourth-order valence-electron chi connectivity index (χ4n) is 1.06. The van der Waals surface area contributed by atoms with E-state index in [1.807, 2.05) is 0 Å². The fourth-order valence-corrected chi connectivity index (χ4v) is 2.51. The number of halogens is 1. The van der Waals surface area contributed by atoms with Gasteiger partial charge in [-0.2, -0.15) is 0 Å². The summed E-state index contributed by atoms with van der Waals surface area (Å²) in [7, 11) is 0. The van der Waals surface area contributed by atoms with Crippen molar-refractivity contribution in [3.63, 3.8) is 0 Å². The van der Waals surface area contributed by atoms with E-state index in [2.05, 4.69) is 45.8 Å². The van der Waals surface area contributed by atoms with E-state index < -0.39 is 0 Å². The molecule has 68 valence electrons. The molecule has 2 heterocycles. The Morgan fingerprint density at radius 3 is 2.92 bits per heavy atom. The molecule has 0 aliphatic carbocycles. The van der Waals surface area contributed by atoms with E-state index in [-0.39, 0.29) is 0 Å². The van der Waals surface area contributed by atoms with Crippen LogP contribution in [-0.2, 0) is 0 Å². The molecule has 0 saturated carbocycles. The summed E-state index contributed by atoms with van der Waals surface area (Å²) in [5, 5.41) is 1.15. The van der Waals surface area contributed by atoms with Crippen LogP contribution in [0, 0.1) is 0 Å². The molecule has 0 atom stereocenters. The Bertz CT molecular complexity index is 436. The van der Waals surface area contributed by atoms with E-state index >= 15 is 0 Å². The number of rotatable bonds is 1. The monoisotopic (exact) mass is 256 g/mol. The van der Waals surface area contributed by atoms with Crippen molar-refractivity contribution in [1.82, 2.24) is 9.97 Å². The summed E-state index contributed by atoms with van der Waals surface area (Å²) in [6.07, 6.45) is 1.78. The van der Waals surface area contributed by atoms with Gasteiger partial charge < -0.3 is 0 Å². The molecule has 0 fully saturated rings. The Hall–Kier alpha value is -0.480. The van der Waals surface area contributed by atoms with Gasteiger partial charge >= 0.3 is 0 Å². The molecule has 0 aromatic carbocycles.